The van der Waals surface area contributed by atoms with E-state index in [1.54, 1.807) is 38.3 Å². The second kappa shape index (κ2) is 8.34. The maximum Gasteiger partial charge on any atom is 0.294 e. The van der Waals surface area contributed by atoms with Crippen molar-refractivity contribution in [3.05, 3.63) is 52.1 Å². The van der Waals surface area contributed by atoms with Gasteiger partial charge in [0, 0.05) is 23.5 Å². The molecule has 0 bridgehead atoms. The molecule has 0 unspecified atom stereocenters. The fourth-order valence-electron chi connectivity index (χ4n) is 3.86. The average molecular weight is 424 g/mol. The average Bonchev–Trinajstić information content (AvgIpc) is 2.99. The van der Waals surface area contributed by atoms with Gasteiger partial charge in [-0.15, -0.1) is 0 Å². The standard InChI is InChI=1S/C23H25FN4O3/c1-13-18(21(30)26-15-8-9-16(24)14(11-15)12-25)17-7-5-6-10-28(17)19(13)20(29)22(31)27-23(2,3)4/h8-9,11H,5-7,10H2,1-4H3,(H,26,30)(H,27,31). The molecule has 2 amide bonds. The van der Waals surface area contributed by atoms with Crippen LogP contribution in [0.3, 0.4) is 0 Å². The minimum absolute atomic E-state index is 0.178. The molecule has 8 heteroatoms. The van der Waals surface area contributed by atoms with E-state index in [9.17, 15) is 18.8 Å². The fourth-order valence-corrected chi connectivity index (χ4v) is 3.86. The Hall–Kier alpha value is -3.47. The number of fused-ring (bicyclic) bond motifs is 1. The highest BCUT2D eigenvalue weighted by Crippen LogP contribution is 2.30. The Morgan fingerprint density at radius 2 is 1.90 bits per heavy atom. The predicted molar refractivity (Wildman–Crippen MR) is 113 cm³/mol. The van der Waals surface area contributed by atoms with Gasteiger partial charge in [0.15, 0.2) is 0 Å². The van der Waals surface area contributed by atoms with Crippen molar-refractivity contribution in [3.8, 4) is 6.07 Å². The zero-order chi connectivity index (χ0) is 22.9. The molecule has 1 aromatic heterocycles. The second-order valence-electron chi connectivity index (χ2n) is 8.70. The first-order chi connectivity index (χ1) is 14.5. The van der Waals surface area contributed by atoms with E-state index in [0.717, 1.165) is 18.9 Å². The number of nitrogens with zero attached hydrogens (tertiary/aromatic N) is 2. The van der Waals surface area contributed by atoms with Crippen molar-refractivity contribution in [3.63, 3.8) is 0 Å². The normalized spacial score (nSPS) is 13.2. The number of aromatic nitrogens is 1. The number of carbonyl (C=O) groups excluding carboxylic acids is 3. The molecular formula is C23H25FN4O3. The molecule has 0 saturated heterocycles. The predicted octanol–water partition coefficient (Wildman–Crippen LogP) is 3.49. The maximum atomic E-state index is 13.6. The Kier molecular flexibility index (Phi) is 5.98. The number of rotatable bonds is 4. The molecule has 0 fully saturated rings. The van der Waals surface area contributed by atoms with E-state index in [4.69, 9.17) is 5.26 Å². The number of anilines is 1. The van der Waals surface area contributed by atoms with Crippen LogP contribution in [0.5, 0.6) is 0 Å². The van der Waals surface area contributed by atoms with Crippen LogP contribution >= 0.6 is 0 Å². The van der Waals surface area contributed by atoms with Crippen LogP contribution in [0.2, 0.25) is 0 Å². The van der Waals surface area contributed by atoms with E-state index in [-0.39, 0.29) is 16.9 Å². The van der Waals surface area contributed by atoms with Crippen molar-refractivity contribution >= 4 is 23.3 Å². The van der Waals surface area contributed by atoms with Gasteiger partial charge in [-0.3, -0.25) is 14.4 Å². The van der Waals surface area contributed by atoms with E-state index in [1.807, 2.05) is 0 Å². The Bertz CT molecular complexity index is 1120. The topological polar surface area (TPSA) is 104 Å². The molecular weight excluding hydrogens is 399 g/mol. The lowest BCUT2D eigenvalue weighted by Crippen LogP contribution is -2.44. The summed E-state index contributed by atoms with van der Waals surface area (Å²) in [7, 11) is 0. The number of benzene rings is 1. The number of nitrogens with one attached hydrogen (secondary N) is 2. The molecule has 1 aliphatic heterocycles. The van der Waals surface area contributed by atoms with Crippen LogP contribution in [0.4, 0.5) is 10.1 Å². The van der Waals surface area contributed by atoms with Crippen LogP contribution in [0.25, 0.3) is 0 Å². The number of nitriles is 1. The van der Waals surface area contributed by atoms with E-state index in [1.165, 1.54) is 12.1 Å². The van der Waals surface area contributed by atoms with Crippen molar-refractivity contribution in [2.75, 3.05) is 5.32 Å². The third kappa shape index (κ3) is 4.50. The molecule has 3 rings (SSSR count). The van der Waals surface area contributed by atoms with Gasteiger partial charge in [0.1, 0.15) is 11.9 Å². The molecule has 31 heavy (non-hydrogen) atoms. The zero-order valence-corrected chi connectivity index (χ0v) is 18.1. The summed E-state index contributed by atoms with van der Waals surface area (Å²) in [6.07, 6.45) is 2.30. The minimum Gasteiger partial charge on any atom is -0.345 e. The number of halogens is 1. The number of amides is 2. The summed E-state index contributed by atoms with van der Waals surface area (Å²) in [5.41, 5.74) is 1.23. The van der Waals surface area contributed by atoms with Gasteiger partial charge in [0.25, 0.3) is 17.6 Å². The molecule has 0 spiro atoms. The van der Waals surface area contributed by atoms with Gasteiger partial charge < -0.3 is 15.2 Å². The molecule has 1 aliphatic rings. The van der Waals surface area contributed by atoms with Crippen molar-refractivity contribution in [2.45, 2.75) is 59.0 Å². The van der Waals surface area contributed by atoms with Crippen LogP contribution in [0, 0.1) is 24.1 Å². The monoisotopic (exact) mass is 424 g/mol. The van der Waals surface area contributed by atoms with E-state index in [0.29, 0.717) is 29.8 Å². The van der Waals surface area contributed by atoms with Gasteiger partial charge in [-0.2, -0.15) is 5.26 Å². The summed E-state index contributed by atoms with van der Waals surface area (Å²) in [6, 6.07) is 5.48. The van der Waals surface area contributed by atoms with Gasteiger partial charge in [-0.25, -0.2) is 4.39 Å². The molecule has 0 radical (unpaired) electrons. The van der Waals surface area contributed by atoms with E-state index >= 15 is 0 Å². The number of hydrogen-bond donors (Lipinski definition) is 2. The van der Waals surface area contributed by atoms with Crippen molar-refractivity contribution < 1.29 is 18.8 Å². The highest BCUT2D eigenvalue weighted by Gasteiger charge is 2.33. The summed E-state index contributed by atoms with van der Waals surface area (Å²) >= 11 is 0. The molecule has 2 N–H and O–H groups in total. The molecule has 0 aliphatic carbocycles. The van der Waals surface area contributed by atoms with Gasteiger partial charge in [0.2, 0.25) is 0 Å². The van der Waals surface area contributed by atoms with Crippen LogP contribution < -0.4 is 10.6 Å². The fraction of sp³-hybridized carbons (Fsp3) is 0.391. The molecule has 7 nitrogen and oxygen atoms in total. The first-order valence-corrected chi connectivity index (χ1v) is 10.1. The lowest BCUT2D eigenvalue weighted by atomic mass is 10.0. The highest BCUT2D eigenvalue weighted by atomic mass is 19.1. The van der Waals surface area contributed by atoms with Gasteiger partial charge in [-0.05, 0) is 70.7 Å². The second-order valence-corrected chi connectivity index (χ2v) is 8.70. The molecule has 0 atom stereocenters. The highest BCUT2D eigenvalue weighted by molar-refractivity contribution is 6.43. The quantitative estimate of drug-likeness (QED) is 0.579. The number of hydrogen-bond acceptors (Lipinski definition) is 4. The summed E-state index contributed by atoms with van der Waals surface area (Å²) < 4.78 is 15.4. The molecule has 2 aromatic rings. The van der Waals surface area contributed by atoms with Crippen LogP contribution in [0.15, 0.2) is 18.2 Å². The SMILES string of the molecule is Cc1c(C(=O)Nc2ccc(F)c(C#N)c2)c2n(c1C(=O)C(=O)NC(C)(C)C)CCCC2. The Morgan fingerprint density at radius 3 is 2.55 bits per heavy atom. The van der Waals surface area contributed by atoms with Crippen molar-refractivity contribution in [1.29, 1.82) is 5.26 Å². The summed E-state index contributed by atoms with van der Waals surface area (Å²) in [5, 5.41) is 14.4. The third-order valence-electron chi connectivity index (χ3n) is 5.14. The lowest BCUT2D eigenvalue weighted by Gasteiger charge is -2.21. The molecule has 0 saturated carbocycles. The summed E-state index contributed by atoms with van der Waals surface area (Å²) in [4.78, 5) is 38.6. The van der Waals surface area contributed by atoms with E-state index in [2.05, 4.69) is 10.6 Å². The first kappa shape index (κ1) is 22.2. The van der Waals surface area contributed by atoms with Gasteiger partial charge in [0.05, 0.1) is 16.8 Å². The van der Waals surface area contributed by atoms with E-state index < -0.39 is 29.0 Å². The number of Topliss-reactive ketones (excluding diaryl/α,β-unsaturated/α-hetero) is 1. The Labute approximate surface area is 180 Å². The number of carbonyl (C=O) groups is 3. The molecule has 2 heterocycles. The summed E-state index contributed by atoms with van der Waals surface area (Å²) in [6.45, 7) is 7.56. The zero-order valence-electron chi connectivity index (χ0n) is 18.1. The van der Waals surface area contributed by atoms with Crippen LogP contribution in [-0.4, -0.2) is 27.7 Å². The van der Waals surface area contributed by atoms with Gasteiger partial charge >= 0.3 is 0 Å². The van der Waals surface area contributed by atoms with Crippen LogP contribution in [0.1, 0.15) is 71.3 Å². The lowest BCUT2D eigenvalue weighted by molar-refractivity contribution is -0.118. The minimum atomic E-state index is -0.717. The Morgan fingerprint density at radius 1 is 1.19 bits per heavy atom. The van der Waals surface area contributed by atoms with Gasteiger partial charge in [-0.1, -0.05) is 0 Å². The smallest absolute Gasteiger partial charge is 0.294 e. The summed E-state index contributed by atoms with van der Waals surface area (Å²) in [5.74, 6) is -2.53. The third-order valence-corrected chi connectivity index (χ3v) is 5.14. The van der Waals surface area contributed by atoms with Crippen molar-refractivity contribution in [1.82, 2.24) is 9.88 Å². The van der Waals surface area contributed by atoms with Crippen molar-refractivity contribution in [2.24, 2.45) is 0 Å². The largest absolute Gasteiger partial charge is 0.345 e. The van der Waals surface area contributed by atoms with Crippen LogP contribution in [-0.2, 0) is 17.8 Å². The molecule has 1 aromatic carbocycles. The molecule has 162 valence electrons. The maximum absolute atomic E-state index is 13.6. The number of ketones is 1. The Balaban J connectivity index is 2.00. The first-order valence-electron chi connectivity index (χ1n) is 10.1.